The largest absolute Gasteiger partial charge is 0.342 e. The van der Waals surface area contributed by atoms with Crippen molar-refractivity contribution in [3.05, 3.63) is 22.1 Å². The molecule has 1 fully saturated rings. The van der Waals surface area contributed by atoms with Crippen molar-refractivity contribution in [2.75, 3.05) is 18.8 Å². The molecule has 132 valence electrons. The highest BCUT2D eigenvalue weighted by atomic mass is 32.2. The highest BCUT2D eigenvalue weighted by molar-refractivity contribution is 7.99. The van der Waals surface area contributed by atoms with E-state index in [0.29, 0.717) is 18.2 Å². The fraction of sp³-hybridized carbons (Fsp3) is 0.722. The van der Waals surface area contributed by atoms with E-state index in [0.717, 1.165) is 30.4 Å². The highest BCUT2D eigenvalue weighted by Gasteiger charge is 2.32. The molecule has 2 aliphatic rings. The third kappa shape index (κ3) is 3.53. The molecule has 24 heavy (non-hydrogen) atoms. The fourth-order valence-electron chi connectivity index (χ4n) is 3.39. The van der Waals surface area contributed by atoms with Crippen LogP contribution in [0.2, 0.25) is 0 Å². The molecular weight excluding hydrogens is 322 g/mol. The lowest BCUT2D eigenvalue weighted by Crippen LogP contribution is -2.46. The maximum absolute atomic E-state index is 12.8. The van der Waals surface area contributed by atoms with Crippen molar-refractivity contribution in [2.45, 2.75) is 57.7 Å². The molecule has 0 bridgehead atoms. The predicted molar refractivity (Wildman–Crippen MR) is 96.4 cm³/mol. The summed E-state index contributed by atoms with van der Waals surface area (Å²) in [6.07, 6.45) is 2.28. The molecule has 2 unspecified atom stereocenters. The average molecular weight is 350 g/mol. The molecule has 1 aromatic heterocycles. The molecule has 0 spiro atoms. The van der Waals surface area contributed by atoms with Crippen LogP contribution in [0, 0.1) is 11.8 Å². The second kappa shape index (κ2) is 6.54. The molecule has 0 aromatic carbocycles. The first-order valence-electron chi connectivity index (χ1n) is 8.79. The van der Waals surface area contributed by atoms with Gasteiger partial charge in [0.25, 0.3) is 5.56 Å². The minimum Gasteiger partial charge on any atom is -0.342 e. The van der Waals surface area contributed by atoms with E-state index in [4.69, 9.17) is 0 Å². The van der Waals surface area contributed by atoms with E-state index < -0.39 is 0 Å². The van der Waals surface area contributed by atoms with Crippen LogP contribution < -0.4 is 5.56 Å². The number of piperidine rings is 1. The second-order valence-electron chi connectivity index (χ2n) is 8.16. The van der Waals surface area contributed by atoms with Gasteiger partial charge in [0.15, 0.2) is 5.16 Å². The molecule has 3 heterocycles. The number of carbonyl (C=O) groups is 1. The van der Waals surface area contributed by atoms with Gasteiger partial charge in [-0.2, -0.15) is 0 Å². The first-order valence-corrected chi connectivity index (χ1v) is 9.78. The normalized spacial score (nSPS) is 24.6. The zero-order chi connectivity index (χ0) is 17.5. The quantitative estimate of drug-likeness (QED) is 0.731. The first kappa shape index (κ1) is 17.5. The van der Waals surface area contributed by atoms with Gasteiger partial charge in [-0.3, -0.25) is 14.2 Å². The maximum atomic E-state index is 12.8. The van der Waals surface area contributed by atoms with Crippen LogP contribution in [-0.2, 0) is 16.8 Å². The van der Waals surface area contributed by atoms with Crippen LogP contribution in [0.3, 0.4) is 0 Å². The van der Waals surface area contributed by atoms with Crippen LogP contribution in [0.15, 0.2) is 16.0 Å². The van der Waals surface area contributed by atoms with E-state index in [1.54, 1.807) is 10.6 Å². The highest BCUT2D eigenvalue weighted by Crippen LogP contribution is 2.29. The number of likely N-dealkylation sites (tertiary alicyclic amines) is 1. The molecule has 1 aromatic rings. The lowest BCUT2D eigenvalue weighted by atomic mass is 9.92. The lowest BCUT2D eigenvalue weighted by molar-refractivity contribution is -0.137. The Morgan fingerprint density at radius 2 is 2.08 bits per heavy atom. The second-order valence-corrected chi connectivity index (χ2v) is 9.15. The fourth-order valence-corrected chi connectivity index (χ4v) is 4.47. The van der Waals surface area contributed by atoms with Crippen molar-refractivity contribution < 1.29 is 4.79 Å². The number of fused-ring (bicyclic) bond motifs is 1. The number of rotatable bonds is 1. The lowest BCUT2D eigenvalue weighted by Gasteiger charge is -2.35. The van der Waals surface area contributed by atoms with Gasteiger partial charge in [-0.25, -0.2) is 4.98 Å². The van der Waals surface area contributed by atoms with Gasteiger partial charge in [0.05, 0.1) is 11.6 Å². The van der Waals surface area contributed by atoms with Crippen LogP contribution in [0.1, 0.15) is 46.2 Å². The molecule has 5 nitrogen and oxygen atoms in total. The number of nitrogens with zero attached hydrogens (tertiary/aromatic N) is 3. The van der Waals surface area contributed by atoms with Gasteiger partial charge in [0, 0.05) is 36.9 Å². The third-order valence-corrected chi connectivity index (χ3v) is 6.02. The Labute approximate surface area is 147 Å². The van der Waals surface area contributed by atoms with Crippen LogP contribution in [0.25, 0.3) is 0 Å². The van der Waals surface area contributed by atoms with Gasteiger partial charge in [0.2, 0.25) is 5.91 Å². The minimum absolute atomic E-state index is 0.0399. The van der Waals surface area contributed by atoms with E-state index in [1.807, 2.05) is 4.90 Å². The number of amides is 1. The summed E-state index contributed by atoms with van der Waals surface area (Å²) in [5.41, 5.74) is 0.633. The minimum atomic E-state index is -0.147. The zero-order valence-corrected chi connectivity index (χ0v) is 15.9. The van der Waals surface area contributed by atoms with Gasteiger partial charge in [-0.05, 0) is 18.8 Å². The summed E-state index contributed by atoms with van der Waals surface area (Å²) in [6, 6.07) is 1.62. The molecule has 1 saturated heterocycles. The maximum Gasteiger partial charge on any atom is 0.254 e. The molecular formula is C18H27N3O2S. The number of aromatic nitrogens is 2. The summed E-state index contributed by atoms with van der Waals surface area (Å²) in [6.45, 7) is 10.5. The Morgan fingerprint density at radius 1 is 1.33 bits per heavy atom. The van der Waals surface area contributed by atoms with Crippen LogP contribution in [-0.4, -0.2) is 39.2 Å². The summed E-state index contributed by atoms with van der Waals surface area (Å²) < 4.78 is 1.68. The first-order chi connectivity index (χ1) is 11.3. The van der Waals surface area contributed by atoms with E-state index >= 15 is 0 Å². The molecule has 0 saturated carbocycles. The van der Waals surface area contributed by atoms with Gasteiger partial charge in [-0.15, -0.1) is 0 Å². The van der Waals surface area contributed by atoms with E-state index in [2.05, 4.69) is 32.7 Å². The molecule has 0 radical (unpaired) electrons. The monoisotopic (exact) mass is 349 g/mol. The molecule has 2 atom stereocenters. The Hall–Kier alpha value is -1.30. The van der Waals surface area contributed by atoms with Crippen molar-refractivity contribution in [2.24, 2.45) is 11.8 Å². The summed E-state index contributed by atoms with van der Waals surface area (Å²) in [4.78, 5) is 32.0. The number of thioether (sulfide) groups is 1. The Balaban J connectivity index is 1.79. The Kier molecular flexibility index (Phi) is 4.78. The topological polar surface area (TPSA) is 55.2 Å². The van der Waals surface area contributed by atoms with E-state index in [-0.39, 0.29) is 22.8 Å². The summed E-state index contributed by atoms with van der Waals surface area (Å²) in [7, 11) is 0. The van der Waals surface area contributed by atoms with Gasteiger partial charge in [-0.1, -0.05) is 39.5 Å². The van der Waals surface area contributed by atoms with Crippen molar-refractivity contribution in [3.8, 4) is 0 Å². The van der Waals surface area contributed by atoms with Crippen LogP contribution >= 0.6 is 11.8 Å². The molecule has 1 amide bonds. The Morgan fingerprint density at radius 3 is 2.75 bits per heavy atom. The predicted octanol–water partition coefficient (Wildman–Crippen LogP) is 2.52. The van der Waals surface area contributed by atoms with E-state index in [9.17, 15) is 9.59 Å². The standard InChI is InChI=1S/C18H27N3O2S/c1-12-6-5-7-20(9-12)16(23)13-10-21-15(22)8-14(18(2,3)4)19-17(21)24-11-13/h8,12-13H,5-7,9-11H2,1-4H3. The van der Waals surface area contributed by atoms with Crippen LogP contribution in [0.4, 0.5) is 0 Å². The SMILES string of the molecule is CC1CCCN(C(=O)C2CSc3nc(C(C)(C)C)cc(=O)n3C2)C1. The zero-order valence-electron chi connectivity index (χ0n) is 15.0. The van der Waals surface area contributed by atoms with Gasteiger partial charge >= 0.3 is 0 Å². The van der Waals surface area contributed by atoms with E-state index in [1.165, 1.54) is 18.2 Å². The smallest absolute Gasteiger partial charge is 0.254 e. The Bertz CT molecular complexity index is 692. The molecule has 3 rings (SSSR count). The third-order valence-electron chi connectivity index (χ3n) is 4.88. The van der Waals surface area contributed by atoms with Gasteiger partial charge in [0.1, 0.15) is 0 Å². The number of hydrogen-bond acceptors (Lipinski definition) is 4. The molecule has 0 aliphatic carbocycles. The molecule has 0 N–H and O–H groups in total. The van der Waals surface area contributed by atoms with Crippen LogP contribution in [0.5, 0.6) is 0 Å². The van der Waals surface area contributed by atoms with Gasteiger partial charge < -0.3 is 4.90 Å². The summed E-state index contributed by atoms with van der Waals surface area (Å²) in [5.74, 6) is 1.37. The van der Waals surface area contributed by atoms with Crippen molar-refractivity contribution in [1.29, 1.82) is 0 Å². The van der Waals surface area contributed by atoms with Crippen molar-refractivity contribution in [3.63, 3.8) is 0 Å². The molecule has 2 aliphatic heterocycles. The summed E-state index contributed by atoms with van der Waals surface area (Å²) in [5, 5.41) is 0.753. The number of hydrogen-bond donors (Lipinski definition) is 0. The summed E-state index contributed by atoms with van der Waals surface area (Å²) >= 11 is 1.54. The van der Waals surface area contributed by atoms with Crippen molar-refractivity contribution in [1.82, 2.24) is 14.5 Å². The molecule has 6 heteroatoms. The average Bonchev–Trinajstić information content (AvgIpc) is 2.53. The number of carbonyl (C=O) groups excluding carboxylic acids is 1. The van der Waals surface area contributed by atoms with Crippen molar-refractivity contribution >= 4 is 17.7 Å².